The van der Waals surface area contributed by atoms with Crippen LogP contribution in [0.1, 0.15) is 18.9 Å². The van der Waals surface area contributed by atoms with Crippen LogP contribution in [0.2, 0.25) is 5.02 Å². The highest BCUT2D eigenvalue weighted by Crippen LogP contribution is 2.30. The lowest BCUT2D eigenvalue weighted by molar-refractivity contribution is -0.157. The molecule has 0 radical (unpaired) electrons. The summed E-state index contributed by atoms with van der Waals surface area (Å²) < 4.78 is 34.0. The van der Waals surface area contributed by atoms with Crippen molar-refractivity contribution in [3.63, 3.8) is 0 Å². The predicted octanol–water partition coefficient (Wildman–Crippen LogP) is 1.47. The number of esters is 1. The number of likely N-dealkylation sites (N-methyl/N-ethyl adjacent to an activating group) is 1. The van der Waals surface area contributed by atoms with Gasteiger partial charge in [0.15, 0.2) is 16.4 Å². The van der Waals surface area contributed by atoms with Crippen LogP contribution in [0.5, 0.6) is 5.75 Å². The number of carbonyl (C=O) groups is 2. The van der Waals surface area contributed by atoms with E-state index in [0.29, 0.717) is 30.2 Å². The lowest BCUT2D eigenvalue weighted by atomic mass is 9.97. The molecule has 2 heterocycles. The molecule has 0 N–H and O–H groups in total. The number of sulfone groups is 1. The van der Waals surface area contributed by atoms with Crippen LogP contribution in [0, 0.1) is 5.92 Å². The van der Waals surface area contributed by atoms with Crippen LogP contribution < -0.4 is 4.74 Å². The Balaban J connectivity index is 1.55. The van der Waals surface area contributed by atoms with Crippen molar-refractivity contribution in [2.75, 3.05) is 31.3 Å². The molecule has 0 spiro atoms. The van der Waals surface area contributed by atoms with E-state index in [-0.39, 0.29) is 30.1 Å². The van der Waals surface area contributed by atoms with Gasteiger partial charge in [-0.3, -0.25) is 9.59 Å². The van der Waals surface area contributed by atoms with Crippen LogP contribution in [0.15, 0.2) is 18.2 Å². The topological polar surface area (TPSA) is 90.0 Å². The van der Waals surface area contributed by atoms with Gasteiger partial charge in [-0.15, -0.1) is 0 Å². The Morgan fingerprint density at radius 1 is 1.37 bits per heavy atom. The number of rotatable bonds is 5. The number of hydrogen-bond acceptors (Lipinski definition) is 6. The smallest absolute Gasteiger partial charge is 0.313 e. The maximum Gasteiger partial charge on any atom is 0.313 e. The zero-order valence-electron chi connectivity index (χ0n) is 15.0. The molecular weight excluding hydrogens is 394 g/mol. The molecule has 148 valence electrons. The largest absolute Gasteiger partial charge is 0.492 e. The van der Waals surface area contributed by atoms with Gasteiger partial charge in [-0.1, -0.05) is 11.6 Å². The van der Waals surface area contributed by atoms with Gasteiger partial charge in [-0.25, -0.2) is 8.42 Å². The molecular formula is C18H22ClNO6S. The standard InChI is InChI=1S/C18H22ClNO6S/c1-2-20(15-5-6-27(23,24)11-15)17(21)10-26-18(22)13-7-12-8-14(19)3-4-16(12)25-9-13/h3-4,8,13,15H,2,5-7,9-11H2,1H3/t13-,15-/m0/s1. The molecule has 1 aromatic carbocycles. The molecule has 1 saturated heterocycles. The lowest BCUT2D eigenvalue weighted by Crippen LogP contribution is -2.43. The number of fused-ring (bicyclic) bond motifs is 1. The van der Waals surface area contributed by atoms with E-state index in [1.54, 1.807) is 25.1 Å². The quantitative estimate of drug-likeness (QED) is 0.676. The van der Waals surface area contributed by atoms with E-state index in [0.717, 1.165) is 5.56 Å². The molecule has 0 bridgehead atoms. The van der Waals surface area contributed by atoms with Crippen LogP contribution in [-0.2, 0) is 30.6 Å². The van der Waals surface area contributed by atoms with E-state index >= 15 is 0 Å². The Morgan fingerprint density at radius 3 is 2.81 bits per heavy atom. The van der Waals surface area contributed by atoms with E-state index in [1.165, 1.54) is 4.90 Å². The minimum atomic E-state index is -3.09. The molecule has 0 aliphatic carbocycles. The number of benzene rings is 1. The SMILES string of the molecule is CCN(C(=O)COC(=O)[C@@H]1COc2ccc(Cl)cc2C1)[C@H]1CCS(=O)(=O)C1. The Bertz CT molecular complexity index is 840. The van der Waals surface area contributed by atoms with Crippen molar-refractivity contribution in [3.8, 4) is 5.75 Å². The van der Waals surface area contributed by atoms with Gasteiger partial charge in [0.1, 0.15) is 12.4 Å². The fraction of sp³-hybridized carbons (Fsp3) is 0.556. The van der Waals surface area contributed by atoms with Gasteiger partial charge < -0.3 is 14.4 Å². The van der Waals surface area contributed by atoms with Crippen molar-refractivity contribution >= 4 is 33.3 Å². The molecule has 27 heavy (non-hydrogen) atoms. The molecule has 1 amide bonds. The molecule has 2 atom stereocenters. The first-order valence-electron chi connectivity index (χ1n) is 8.87. The Morgan fingerprint density at radius 2 is 2.15 bits per heavy atom. The highest BCUT2D eigenvalue weighted by molar-refractivity contribution is 7.91. The average molecular weight is 416 g/mol. The fourth-order valence-corrected chi connectivity index (χ4v) is 5.43. The molecule has 2 aliphatic rings. The van der Waals surface area contributed by atoms with Crippen molar-refractivity contribution in [2.45, 2.75) is 25.8 Å². The maximum absolute atomic E-state index is 12.4. The first-order valence-corrected chi connectivity index (χ1v) is 11.1. The summed E-state index contributed by atoms with van der Waals surface area (Å²) in [6, 6.07) is 4.89. The first-order chi connectivity index (χ1) is 12.8. The van der Waals surface area contributed by atoms with Crippen LogP contribution in [0.4, 0.5) is 0 Å². The van der Waals surface area contributed by atoms with Crippen LogP contribution >= 0.6 is 11.6 Å². The number of halogens is 1. The van der Waals surface area contributed by atoms with E-state index in [1.807, 2.05) is 0 Å². The molecule has 9 heteroatoms. The zero-order chi connectivity index (χ0) is 19.6. The lowest BCUT2D eigenvalue weighted by Gasteiger charge is -2.27. The monoisotopic (exact) mass is 415 g/mol. The molecule has 7 nitrogen and oxygen atoms in total. The molecule has 0 aromatic heterocycles. The summed E-state index contributed by atoms with van der Waals surface area (Å²) >= 11 is 5.98. The molecule has 1 aromatic rings. The first kappa shape index (κ1) is 19.9. The number of amides is 1. The summed E-state index contributed by atoms with van der Waals surface area (Å²) in [7, 11) is -3.09. The number of hydrogen-bond donors (Lipinski definition) is 0. The van der Waals surface area contributed by atoms with Gasteiger partial charge in [0, 0.05) is 17.6 Å². The van der Waals surface area contributed by atoms with Gasteiger partial charge in [-0.2, -0.15) is 0 Å². The molecule has 0 saturated carbocycles. The highest BCUT2D eigenvalue weighted by Gasteiger charge is 2.34. The van der Waals surface area contributed by atoms with Crippen LogP contribution in [-0.4, -0.2) is 62.5 Å². The minimum absolute atomic E-state index is 0.0332. The predicted molar refractivity (Wildman–Crippen MR) is 99.5 cm³/mol. The normalized spacial score (nSPS) is 23.2. The van der Waals surface area contributed by atoms with E-state index < -0.39 is 28.3 Å². The Labute approximate surface area is 163 Å². The van der Waals surface area contributed by atoms with Crippen molar-refractivity contribution < 1.29 is 27.5 Å². The summed E-state index contributed by atoms with van der Waals surface area (Å²) in [5.74, 6) is -0.654. The van der Waals surface area contributed by atoms with Crippen LogP contribution in [0.25, 0.3) is 0 Å². The van der Waals surface area contributed by atoms with E-state index in [2.05, 4.69) is 0 Å². The third-order valence-corrected chi connectivity index (χ3v) is 6.90. The molecule has 1 fully saturated rings. The van der Waals surface area contributed by atoms with Gasteiger partial charge >= 0.3 is 5.97 Å². The van der Waals surface area contributed by atoms with Gasteiger partial charge in [-0.05, 0) is 43.5 Å². The Hall–Kier alpha value is -1.80. The highest BCUT2D eigenvalue weighted by atomic mass is 35.5. The van der Waals surface area contributed by atoms with Gasteiger partial charge in [0.25, 0.3) is 5.91 Å². The van der Waals surface area contributed by atoms with Crippen molar-refractivity contribution in [3.05, 3.63) is 28.8 Å². The van der Waals surface area contributed by atoms with Crippen LogP contribution in [0.3, 0.4) is 0 Å². The molecule has 2 aliphatic heterocycles. The minimum Gasteiger partial charge on any atom is -0.492 e. The number of nitrogens with zero attached hydrogens (tertiary/aromatic N) is 1. The van der Waals surface area contributed by atoms with Crippen molar-refractivity contribution in [1.29, 1.82) is 0 Å². The summed E-state index contributed by atoms with van der Waals surface area (Å²) in [4.78, 5) is 26.2. The third-order valence-electron chi connectivity index (χ3n) is 4.91. The van der Waals surface area contributed by atoms with E-state index in [9.17, 15) is 18.0 Å². The van der Waals surface area contributed by atoms with Gasteiger partial charge in [0.05, 0.1) is 17.4 Å². The summed E-state index contributed by atoms with van der Waals surface area (Å²) in [6.07, 6.45) is 0.852. The van der Waals surface area contributed by atoms with Crippen molar-refractivity contribution in [1.82, 2.24) is 4.90 Å². The second-order valence-electron chi connectivity index (χ2n) is 6.81. The maximum atomic E-state index is 12.4. The van der Waals surface area contributed by atoms with Gasteiger partial charge in [0.2, 0.25) is 0 Å². The van der Waals surface area contributed by atoms with E-state index in [4.69, 9.17) is 21.1 Å². The number of ether oxygens (including phenoxy) is 2. The fourth-order valence-electron chi connectivity index (χ4n) is 3.51. The number of carbonyl (C=O) groups excluding carboxylic acids is 2. The molecule has 3 rings (SSSR count). The summed E-state index contributed by atoms with van der Waals surface area (Å²) in [6.45, 7) is 1.93. The Kier molecular flexibility index (Phi) is 5.95. The average Bonchev–Trinajstić information content (AvgIpc) is 2.99. The second kappa shape index (κ2) is 8.06. The summed E-state index contributed by atoms with van der Waals surface area (Å²) in [5, 5.41) is 0.562. The molecule has 0 unspecified atom stereocenters. The zero-order valence-corrected chi connectivity index (χ0v) is 16.6. The second-order valence-corrected chi connectivity index (χ2v) is 9.47. The third kappa shape index (κ3) is 4.73. The van der Waals surface area contributed by atoms with Crippen molar-refractivity contribution in [2.24, 2.45) is 5.92 Å². The summed E-state index contributed by atoms with van der Waals surface area (Å²) in [5.41, 5.74) is 0.827.